The molecule has 1 aliphatic rings. The summed E-state index contributed by atoms with van der Waals surface area (Å²) in [6.45, 7) is 7.52. The van der Waals surface area contributed by atoms with Crippen molar-refractivity contribution in [3.63, 3.8) is 0 Å². The molecule has 1 rings (SSSR count). The molecule has 22 heavy (non-hydrogen) atoms. The summed E-state index contributed by atoms with van der Waals surface area (Å²) in [5, 5.41) is 2.91. The number of hydrogen-bond acceptors (Lipinski definition) is 5. The van der Waals surface area contributed by atoms with Gasteiger partial charge in [-0.05, 0) is 31.1 Å². The second-order valence-corrected chi connectivity index (χ2v) is 9.76. The van der Waals surface area contributed by atoms with Crippen molar-refractivity contribution in [1.29, 1.82) is 4.78 Å². The normalized spacial score (nSPS) is 21.1. The first kappa shape index (κ1) is 19.4. The molecule has 6 nitrogen and oxygen atoms in total. The average molecular weight is 333 g/mol. The third-order valence-electron chi connectivity index (χ3n) is 3.84. The Kier molecular flexibility index (Phi) is 7.28. The van der Waals surface area contributed by atoms with Crippen LogP contribution in [-0.2, 0) is 19.3 Å². The molecule has 0 bridgehead atoms. The molecule has 1 saturated heterocycles. The lowest BCUT2D eigenvalue weighted by molar-refractivity contribution is -0.123. The molecule has 0 radical (unpaired) electrons. The summed E-state index contributed by atoms with van der Waals surface area (Å²) in [4.78, 5) is 12.0. The summed E-state index contributed by atoms with van der Waals surface area (Å²) in [6.07, 6.45) is 2.64. The second-order valence-electron chi connectivity index (χ2n) is 7.32. The van der Waals surface area contributed by atoms with Crippen molar-refractivity contribution in [2.24, 2.45) is 11.1 Å². The van der Waals surface area contributed by atoms with Gasteiger partial charge in [-0.1, -0.05) is 20.8 Å². The van der Waals surface area contributed by atoms with E-state index >= 15 is 0 Å². The highest BCUT2D eigenvalue weighted by molar-refractivity contribution is 7.92. The maximum absolute atomic E-state index is 12.2. The monoisotopic (exact) mass is 333 g/mol. The summed E-state index contributed by atoms with van der Waals surface area (Å²) in [5.41, 5.74) is 5.93. The zero-order valence-electron chi connectivity index (χ0n) is 14.0. The molecule has 1 amide bonds. The van der Waals surface area contributed by atoms with Gasteiger partial charge in [0.15, 0.2) is 0 Å². The highest BCUT2D eigenvalue weighted by Crippen LogP contribution is 2.20. The van der Waals surface area contributed by atoms with E-state index < -0.39 is 15.8 Å². The summed E-state index contributed by atoms with van der Waals surface area (Å²) < 4.78 is 25.4. The van der Waals surface area contributed by atoms with Crippen LogP contribution in [0.25, 0.3) is 0 Å². The standard InChI is InChI=1S/C15H31N3O3S/c1-15(2,3)7-11-22(17,20)10-6-13(16)14(19)18-12-4-8-21-9-5-12/h12-13,17H,4-11,16H2,1-3H3,(H,18,19)/t13-,22?/m0/s1. The molecule has 4 N–H and O–H groups in total. The van der Waals surface area contributed by atoms with Crippen molar-refractivity contribution in [3.8, 4) is 0 Å². The highest BCUT2D eigenvalue weighted by Gasteiger charge is 2.22. The van der Waals surface area contributed by atoms with Crippen LogP contribution in [0.15, 0.2) is 0 Å². The number of nitrogens with one attached hydrogen (secondary N) is 2. The van der Waals surface area contributed by atoms with E-state index in [-0.39, 0.29) is 23.1 Å². The van der Waals surface area contributed by atoms with Crippen LogP contribution < -0.4 is 11.1 Å². The Hall–Kier alpha value is -0.660. The lowest BCUT2D eigenvalue weighted by Gasteiger charge is -2.25. The SMILES string of the molecule is CC(C)(C)CCS(=N)(=O)CC[C@H](N)C(=O)NC1CCOCC1. The smallest absolute Gasteiger partial charge is 0.237 e. The molecule has 1 aliphatic heterocycles. The first-order chi connectivity index (χ1) is 10.1. The van der Waals surface area contributed by atoms with Crippen LogP contribution in [0.2, 0.25) is 0 Å². The molecule has 0 aliphatic carbocycles. The first-order valence-electron chi connectivity index (χ1n) is 7.97. The van der Waals surface area contributed by atoms with Gasteiger partial charge in [-0.15, -0.1) is 0 Å². The number of amides is 1. The summed E-state index contributed by atoms with van der Waals surface area (Å²) in [7, 11) is -2.66. The number of nitrogens with two attached hydrogens (primary N) is 1. The molecular formula is C15H31N3O3S. The highest BCUT2D eigenvalue weighted by atomic mass is 32.2. The Morgan fingerprint density at radius 1 is 1.36 bits per heavy atom. The minimum absolute atomic E-state index is 0.0618. The predicted octanol–water partition coefficient (Wildman–Crippen LogP) is 1.48. The first-order valence-corrected chi connectivity index (χ1v) is 9.86. The van der Waals surface area contributed by atoms with Gasteiger partial charge in [0.05, 0.1) is 6.04 Å². The van der Waals surface area contributed by atoms with E-state index in [9.17, 15) is 9.00 Å². The number of ether oxygens (including phenoxy) is 1. The maximum Gasteiger partial charge on any atom is 0.237 e. The van der Waals surface area contributed by atoms with Crippen molar-refractivity contribution in [2.45, 2.75) is 58.5 Å². The molecule has 0 spiro atoms. The molecule has 0 aromatic rings. The van der Waals surface area contributed by atoms with Gasteiger partial charge in [0, 0.05) is 40.5 Å². The van der Waals surface area contributed by atoms with Gasteiger partial charge in [-0.25, -0.2) is 4.21 Å². The zero-order chi connectivity index (χ0) is 16.8. The van der Waals surface area contributed by atoms with Crippen LogP contribution >= 0.6 is 0 Å². The zero-order valence-corrected chi connectivity index (χ0v) is 14.8. The molecule has 130 valence electrons. The number of hydrogen-bond donors (Lipinski definition) is 3. The van der Waals surface area contributed by atoms with Crippen LogP contribution in [0.5, 0.6) is 0 Å². The van der Waals surface area contributed by atoms with E-state index in [0.29, 0.717) is 25.4 Å². The van der Waals surface area contributed by atoms with E-state index in [1.807, 2.05) is 0 Å². The van der Waals surface area contributed by atoms with Crippen LogP contribution in [0.1, 0.15) is 46.5 Å². The van der Waals surface area contributed by atoms with E-state index in [2.05, 4.69) is 26.1 Å². The molecule has 0 saturated carbocycles. The topological polar surface area (TPSA) is 105 Å². The number of carbonyl (C=O) groups excluding carboxylic acids is 1. The fraction of sp³-hybridized carbons (Fsp3) is 0.933. The van der Waals surface area contributed by atoms with E-state index in [0.717, 1.165) is 19.3 Å². The van der Waals surface area contributed by atoms with Crippen molar-refractivity contribution in [3.05, 3.63) is 0 Å². The molecule has 1 heterocycles. The van der Waals surface area contributed by atoms with Gasteiger partial charge < -0.3 is 15.8 Å². The minimum Gasteiger partial charge on any atom is -0.381 e. The quantitative estimate of drug-likeness (QED) is 0.656. The number of carbonyl (C=O) groups is 1. The fourth-order valence-corrected chi connectivity index (χ4v) is 3.95. The van der Waals surface area contributed by atoms with Gasteiger partial charge in [-0.3, -0.25) is 9.57 Å². The van der Waals surface area contributed by atoms with Gasteiger partial charge in [-0.2, -0.15) is 0 Å². The van der Waals surface area contributed by atoms with Crippen LogP contribution in [0.3, 0.4) is 0 Å². The van der Waals surface area contributed by atoms with Crippen molar-refractivity contribution in [2.75, 3.05) is 24.7 Å². The van der Waals surface area contributed by atoms with Crippen molar-refractivity contribution in [1.82, 2.24) is 5.32 Å². The summed E-state index contributed by atoms with van der Waals surface area (Å²) in [6, 6.07) is -0.572. The Morgan fingerprint density at radius 2 is 1.95 bits per heavy atom. The summed E-state index contributed by atoms with van der Waals surface area (Å²) >= 11 is 0. The van der Waals surface area contributed by atoms with Crippen LogP contribution in [0.4, 0.5) is 0 Å². The van der Waals surface area contributed by atoms with Gasteiger partial charge in [0.25, 0.3) is 0 Å². The van der Waals surface area contributed by atoms with E-state index in [4.69, 9.17) is 15.3 Å². The van der Waals surface area contributed by atoms with E-state index in [1.54, 1.807) is 0 Å². The average Bonchev–Trinajstić information content (AvgIpc) is 2.43. The number of rotatable bonds is 7. The van der Waals surface area contributed by atoms with Gasteiger partial charge in [0.2, 0.25) is 5.91 Å². The van der Waals surface area contributed by atoms with Crippen LogP contribution in [0, 0.1) is 10.2 Å². The lowest BCUT2D eigenvalue weighted by Crippen LogP contribution is -2.47. The fourth-order valence-electron chi connectivity index (χ4n) is 2.17. The molecule has 0 aromatic carbocycles. The second kappa shape index (κ2) is 8.26. The minimum atomic E-state index is -2.66. The lowest BCUT2D eigenvalue weighted by atomic mass is 9.94. The Balaban J connectivity index is 2.34. The summed E-state index contributed by atoms with van der Waals surface area (Å²) in [5.74, 6) is 0.342. The third-order valence-corrected chi connectivity index (χ3v) is 5.60. The maximum atomic E-state index is 12.2. The van der Waals surface area contributed by atoms with Crippen molar-refractivity contribution < 1.29 is 13.7 Å². The molecule has 7 heteroatoms. The molecule has 0 aromatic heterocycles. The Labute approximate surface area is 134 Å². The predicted molar refractivity (Wildman–Crippen MR) is 89.2 cm³/mol. The third kappa shape index (κ3) is 8.10. The molecule has 1 fully saturated rings. The van der Waals surface area contributed by atoms with E-state index in [1.165, 1.54) is 0 Å². The molecular weight excluding hydrogens is 302 g/mol. The largest absolute Gasteiger partial charge is 0.381 e. The van der Waals surface area contributed by atoms with Gasteiger partial charge in [0.1, 0.15) is 0 Å². The Bertz CT molecular complexity index is 451. The van der Waals surface area contributed by atoms with Crippen molar-refractivity contribution >= 4 is 15.6 Å². The van der Waals surface area contributed by atoms with Gasteiger partial charge >= 0.3 is 0 Å². The molecule has 2 atom stereocenters. The Morgan fingerprint density at radius 3 is 2.50 bits per heavy atom. The molecule has 1 unspecified atom stereocenters. The van der Waals surface area contributed by atoms with Crippen LogP contribution in [-0.4, -0.2) is 46.9 Å².